The fourth-order valence-corrected chi connectivity index (χ4v) is 2.17. The molecule has 0 saturated carbocycles. The molecule has 7 heteroatoms. The van der Waals surface area contributed by atoms with E-state index in [4.69, 9.17) is 9.15 Å². The summed E-state index contributed by atoms with van der Waals surface area (Å²) in [6, 6.07) is 11.3. The van der Waals surface area contributed by atoms with Crippen LogP contribution < -0.4 is 16.0 Å². The average molecular weight is 344 g/mol. The Morgan fingerprint density at radius 2 is 2.12 bits per heavy atom. The molecule has 0 aliphatic heterocycles. The van der Waals surface area contributed by atoms with Gasteiger partial charge >= 0.3 is 0 Å². The van der Waals surface area contributed by atoms with Crippen molar-refractivity contribution in [1.29, 1.82) is 0 Å². The molecule has 0 bridgehead atoms. The maximum Gasteiger partial charge on any atom is 0.250 e. The average Bonchev–Trinajstić information content (AvgIpc) is 3.11. The third kappa shape index (κ3) is 6.68. The zero-order valence-electron chi connectivity index (χ0n) is 14.5. The molecule has 0 radical (unpaired) electrons. The van der Waals surface area contributed by atoms with Crippen molar-refractivity contribution in [3.05, 3.63) is 54.0 Å². The summed E-state index contributed by atoms with van der Waals surface area (Å²) >= 11 is 0. The van der Waals surface area contributed by atoms with Crippen LogP contribution >= 0.6 is 0 Å². The molecule has 134 valence electrons. The number of benzene rings is 1. The monoisotopic (exact) mass is 344 g/mol. The minimum absolute atomic E-state index is 0.0314. The summed E-state index contributed by atoms with van der Waals surface area (Å²) in [6.07, 6.45) is 1.64. The Labute approximate surface area is 147 Å². The number of hydrogen-bond acceptors (Lipinski definition) is 4. The Bertz CT molecular complexity index is 683. The van der Waals surface area contributed by atoms with Gasteiger partial charge in [-0.2, -0.15) is 0 Å². The second-order valence-corrected chi connectivity index (χ2v) is 5.31. The summed E-state index contributed by atoms with van der Waals surface area (Å²) in [5.74, 6) is 1.36. The molecule has 0 aliphatic rings. The summed E-state index contributed by atoms with van der Waals surface area (Å²) in [5.41, 5.74) is 1.72. The van der Waals surface area contributed by atoms with Crippen LogP contribution in [0.5, 0.6) is 0 Å². The molecule has 7 nitrogen and oxygen atoms in total. The topological polar surface area (TPSA) is 87.9 Å². The van der Waals surface area contributed by atoms with Crippen LogP contribution in [0.1, 0.15) is 18.2 Å². The zero-order valence-corrected chi connectivity index (χ0v) is 14.5. The minimum Gasteiger partial charge on any atom is -0.467 e. The van der Waals surface area contributed by atoms with E-state index in [1.165, 1.54) is 7.11 Å². The largest absolute Gasteiger partial charge is 0.467 e. The van der Waals surface area contributed by atoms with E-state index in [0.717, 1.165) is 23.6 Å². The first-order valence-corrected chi connectivity index (χ1v) is 8.13. The second kappa shape index (κ2) is 10.1. The Balaban J connectivity index is 1.95. The maximum absolute atomic E-state index is 11.6. The van der Waals surface area contributed by atoms with E-state index >= 15 is 0 Å². The van der Waals surface area contributed by atoms with E-state index in [1.807, 2.05) is 43.3 Å². The van der Waals surface area contributed by atoms with Gasteiger partial charge in [-0.3, -0.25) is 4.79 Å². The molecule has 1 heterocycles. The molecule has 3 N–H and O–H groups in total. The van der Waals surface area contributed by atoms with Gasteiger partial charge in [0.2, 0.25) is 5.91 Å². The highest BCUT2D eigenvalue weighted by Gasteiger charge is 2.03. The number of nitrogens with one attached hydrogen (secondary N) is 3. The molecule has 0 saturated heterocycles. The van der Waals surface area contributed by atoms with Crippen LogP contribution in [-0.4, -0.2) is 32.1 Å². The molecule has 1 aromatic carbocycles. The van der Waals surface area contributed by atoms with Crippen molar-refractivity contribution in [2.75, 3.05) is 25.6 Å². The number of methoxy groups -OCH3 is 1. The number of carbonyl (C=O) groups excluding carboxylic acids is 1. The van der Waals surface area contributed by atoms with Crippen molar-refractivity contribution >= 4 is 17.6 Å². The predicted octanol–water partition coefficient (Wildman–Crippen LogP) is 2.12. The Hall–Kier alpha value is -2.80. The van der Waals surface area contributed by atoms with Crippen LogP contribution in [0.3, 0.4) is 0 Å². The molecular weight excluding hydrogens is 320 g/mol. The van der Waals surface area contributed by atoms with Crippen molar-refractivity contribution in [3.63, 3.8) is 0 Å². The second-order valence-electron chi connectivity index (χ2n) is 5.31. The first-order chi connectivity index (χ1) is 12.2. The highest BCUT2D eigenvalue weighted by atomic mass is 16.5. The molecule has 1 amide bonds. The molecule has 2 aromatic rings. The van der Waals surface area contributed by atoms with Crippen molar-refractivity contribution in [1.82, 2.24) is 10.6 Å². The number of anilines is 1. The van der Waals surface area contributed by atoms with Gasteiger partial charge in [-0.25, -0.2) is 4.99 Å². The molecular formula is C18H24N4O3. The summed E-state index contributed by atoms with van der Waals surface area (Å²) in [5, 5.41) is 9.19. The van der Waals surface area contributed by atoms with Crippen LogP contribution in [0.25, 0.3) is 0 Å². The lowest BCUT2D eigenvalue weighted by Gasteiger charge is -2.10. The van der Waals surface area contributed by atoms with E-state index in [-0.39, 0.29) is 12.5 Å². The number of hydrogen-bond donors (Lipinski definition) is 3. The van der Waals surface area contributed by atoms with Crippen LogP contribution in [0.4, 0.5) is 5.69 Å². The van der Waals surface area contributed by atoms with E-state index in [1.54, 1.807) is 6.26 Å². The van der Waals surface area contributed by atoms with Crippen molar-refractivity contribution < 1.29 is 13.9 Å². The van der Waals surface area contributed by atoms with Crippen LogP contribution in [0, 0.1) is 0 Å². The summed E-state index contributed by atoms with van der Waals surface area (Å²) in [6.45, 7) is 3.85. The SMILES string of the molecule is CCNC(=NCc1cccc(NC(=O)COC)c1)NCc1ccco1. The molecule has 0 fully saturated rings. The molecule has 1 aromatic heterocycles. The molecule has 0 unspecified atom stereocenters. The van der Waals surface area contributed by atoms with Gasteiger partial charge in [-0.1, -0.05) is 12.1 Å². The van der Waals surface area contributed by atoms with E-state index < -0.39 is 0 Å². The van der Waals surface area contributed by atoms with Crippen LogP contribution in [0.15, 0.2) is 52.1 Å². The van der Waals surface area contributed by atoms with Gasteiger partial charge in [0, 0.05) is 19.3 Å². The standard InChI is InChI=1S/C18H24N4O3/c1-3-19-18(21-12-16-8-5-9-25-16)20-11-14-6-4-7-15(10-14)22-17(23)13-24-2/h4-10H,3,11-13H2,1-2H3,(H,22,23)(H2,19,20,21). The maximum atomic E-state index is 11.6. The van der Waals surface area contributed by atoms with Crippen molar-refractivity contribution in [2.45, 2.75) is 20.0 Å². The first-order valence-electron chi connectivity index (χ1n) is 8.13. The number of ether oxygens (including phenoxy) is 1. The zero-order chi connectivity index (χ0) is 17.9. The molecule has 0 atom stereocenters. The quantitative estimate of drug-likeness (QED) is 0.504. The highest BCUT2D eigenvalue weighted by Crippen LogP contribution is 2.11. The Morgan fingerprint density at radius 1 is 1.24 bits per heavy atom. The van der Waals surface area contributed by atoms with E-state index in [2.05, 4.69) is 20.9 Å². The number of carbonyl (C=O) groups is 1. The van der Waals surface area contributed by atoms with Gasteiger partial charge in [0.25, 0.3) is 0 Å². The number of aliphatic imine (C=N–C) groups is 1. The van der Waals surface area contributed by atoms with Crippen LogP contribution in [-0.2, 0) is 22.6 Å². The van der Waals surface area contributed by atoms with Gasteiger partial charge in [-0.15, -0.1) is 0 Å². The van der Waals surface area contributed by atoms with Crippen molar-refractivity contribution in [3.8, 4) is 0 Å². The third-order valence-corrected chi connectivity index (χ3v) is 3.26. The summed E-state index contributed by atoms with van der Waals surface area (Å²) in [7, 11) is 1.49. The predicted molar refractivity (Wildman–Crippen MR) is 97.3 cm³/mol. The molecule has 2 rings (SSSR count). The smallest absolute Gasteiger partial charge is 0.250 e. The lowest BCUT2D eigenvalue weighted by atomic mass is 10.2. The molecule has 25 heavy (non-hydrogen) atoms. The Kier molecular flexibility index (Phi) is 7.52. The van der Waals surface area contributed by atoms with Gasteiger partial charge in [-0.05, 0) is 36.8 Å². The number of furan rings is 1. The lowest BCUT2D eigenvalue weighted by Crippen LogP contribution is -2.36. The third-order valence-electron chi connectivity index (χ3n) is 3.26. The highest BCUT2D eigenvalue weighted by molar-refractivity contribution is 5.91. The number of rotatable bonds is 8. The summed E-state index contributed by atoms with van der Waals surface area (Å²) in [4.78, 5) is 16.1. The lowest BCUT2D eigenvalue weighted by molar-refractivity contribution is -0.119. The minimum atomic E-state index is -0.184. The molecule has 0 aliphatic carbocycles. The number of nitrogens with zero attached hydrogens (tertiary/aromatic N) is 1. The fraction of sp³-hybridized carbons (Fsp3) is 0.333. The summed E-state index contributed by atoms with van der Waals surface area (Å²) < 4.78 is 10.1. The van der Waals surface area contributed by atoms with E-state index in [9.17, 15) is 4.79 Å². The fourth-order valence-electron chi connectivity index (χ4n) is 2.17. The van der Waals surface area contributed by atoms with Crippen molar-refractivity contribution in [2.24, 2.45) is 4.99 Å². The van der Waals surface area contributed by atoms with Gasteiger partial charge in [0.05, 0.1) is 19.4 Å². The molecule has 0 spiro atoms. The van der Waals surface area contributed by atoms with Gasteiger partial charge in [0.15, 0.2) is 5.96 Å². The first kappa shape index (κ1) is 18.5. The normalized spacial score (nSPS) is 11.2. The number of guanidine groups is 1. The van der Waals surface area contributed by atoms with E-state index in [0.29, 0.717) is 19.0 Å². The van der Waals surface area contributed by atoms with Crippen LogP contribution in [0.2, 0.25) is 0 Å². The Morgan fingerprint density at radius 3 is 2.84 bits per heavy atom. The number of amides is 1. The van der Waals surface area contributed by atoms with Gasteiger partial charge < -0.3 is 25.1 Å². The van der Waals surface area contributed by atoms with Gasteiger partial charge in [0.1, 0.15) is 12.4 Å².